The highest BCUT2D eigenvalue weighted by Crippen LogP contribution is 2.49. The Morgan fingerprint density at radius 3 is 2.51 bits per heavy atom. The molecule has 5 rings (SSSR count). The van der Waals surface area contributed by atoms with Crippen LogP contribution in [-0.2, 0) is 11.2 Å². The van der Waals surface area contributed by atoms with E-state index in [1.54, 1.807) is 11.0 Å². The molecule has 1 N–H and O–H groups in total. The van der Waals surface area contributed by atoms with Crippen molar-refractivity contribution in [2.24, 2.45) is 11.3 Å². The fraction of sp³-hybridized carbons (Fsp3) is 0.500. The van der Waals surface area contributed by atoms with Crippen molar-refractivity contribution >= 4 is 23.4 Å². The Balaban J connectivity index is 1.09. The van der Waals surface area contributed by atoms with Crippen LogP contribution in [0.4, 0.5) is 8.78 Å². The Bertz CT molecular complexity index is 1190. The van der Waals surface area contributed by atoms with E-state index in [-0.39, 0.29) is 45.7 Å². The molecule has 3 fully saturated rings. The summed E-state index contributed by atoms with van der Waals surface area (Å²) in [5, 5.41) is 3.15. The van der Waals surface area contributed by atoms with Gasteiger partial charge < -0.3 is 19.7 Å². The number of amides is 2. The van der Waals surface area contributed by atoms with E-state index in [0.29, 0.717) is 31.4 Å². The highest BCUT2D eigenvalue weighted by Gasteiger charge is 2.47. The number of nitrogens with one attached hydrogen (secondary N) is 1. The molecule has 198 valence electrons. The van der Waals surface area contributed by atoms with E-state index < -0.39 is 17.5 Å². The second kappa shape index (κ2) is 10.5. The van der Waals surface area contributed by atoms with Crippen LogP contribution < -0.4 is 14.8 Å². The zero-order valence-electron chi connectivity index (χ0n) is 20.8. The number of piperidine rings is 1. The van der Waals surface area contributed by atoms with Crippen LogP contribution in [0, 0.1) is 23.0 Å². The molecule has 1 heterocycles. The number of likely N-dealkylation sites (tertiary alicyclic amines) is 1. The molecule has 1 aliphatic heterocycles. The lowest BCUT2D eigenvalue weighted by atomic mass is 9.60. The minimum absolute atomic E-state index is 0.0172. The van der Waals surface area contributed by atoms with Crippen LogP contribution in [0.3, 0.4) is 0 Å². The lowest BCUT2D eigenvalue weighted by Crippen LogP contribution is -2.55. The Hall–Kier alpha value is -2.87. The minimum atomic E-state index is -0.605. The van der Waals surface area contributed by atoms with Crippen LogP contribution in [0.5, 0.6) is 11.5 Å². The Morgan fingerprint density at radius 2 is 1.86 bits per heavy atom. The van der Waals surface area contributed by atoms with E-state index in [4.69, 9.17) is 21.1 Å². The molecule has 9 heteroatoms. The number of benzene rings is 2. The van der Waals surface area contributed by atoms with Crippen molar-refractivity contribution in [3.05, 3.63) is 58.1 Å². The van der Waals surface area contributed by atoms with Gasteiger partial charge in [0, 0.05) is 35.8 Å². The van der Waals surface area contributed by atoms with Crippen LogP contribution >= 0.6 is 11.6 Å². The summed E-state index contributed by atoms with van der Waals surface area (Å²) in [6.45, 7) is 1.73. The third kappa shape index (κ3) is 5.69. The highest BCUT2D eigenvalue weighted by atomic mass is 35.5. The fourth-order valence-electron chi connectivity index (χ4n) is 5.42. The molecular weight excluding hydrogens is 502 g/mol. The summed E-state index contributed by atoms with van der Waals surface area (Å²) in [5.41, 5.74) is 0.225. The van der Waals surface area contributed by atoms with Gasteiger partial charge in [0.15, 0.2) is 11.6 Å². The van der Waals surface area contributed by atoms with Crippen LogP contribution in [0.15, 0.2) is 30.3 Å². The summed E-state index contributed by atoms with van der Waals surface area (Å²) in [6.07, 6.45) is 5.38. The fourth-order valence-corrected chi connectivity index (χ4v) is 5.63. The topological polar surface area (TPSA) is 67.9 Å². The summed E-state index contributed by atoms with van der Waals surface area (Å²) >= 11 is 6.13. The first-order chi connectivity index (χ1) is 17.8. The second-order valence-corrected chi connectivity index (χ2v) is 11.0. The standard InChI is InChI=1S/C28H31ClF2N2O4/c1-36-24-7-6-22(29)21(26(24)31)13-25(34)33-10-8-28(9-11-33)14-18(15-28)32-27(35)20-5-4-19(12-23(20)30)37-16-17-2-3-17/h4-7,12,17-18H,2-3,8-11,13-16H2,1H3,(H,32,35). The number of carbonyl (C=O) groups is 2. The van der Waals surface area contributed by atoms with Gasteiger partial charge in [-0.15, -0.1) is 0 Å². The monoisotopic (exact) mass is 532 g/mol. The average molecular weight is 533 g/mol. The van der Waals surface area contributed by atoms with Gasteiger partial charge in [-0.25, -0.2) is 8.78 Å². The molecule has 0 unspecified atom stereocenters. The largest absolute Gasteiger partial charge is 0.494 e. The van der Waals surface area contributed by atoms with Crippen molar-refractivity contribution < 1.29 is 27.8 Å². The summed E-state index contributed by atoms with van der Waals surface area (Å²) in [7, 11) is 1.37. The molecule has 6 nitrogen and oxygen atoms in total. The first-order valence-electron chi connectivity index (χ1n) is 12.8. The average Bonchev–Trinajstić information content (AvgIpc) is 3.69. The number of hydrogen-bond acceptors (Lipinski definition) is 4. The molecule has 2 amide bonds. The van der Waals surface area contributed by atoms with Crippen molar-refractivity contribution in [2.75, 3.05) is 26.8 Å². The number of nitrogens with zero attached hydrogens (tertiary/aromatic N) is 1. The van der Waals surface area contributed by atoms with Crippen LogP contribution in [0.25, 0.3) is 0 Å². The molecule has 0 aromatic heterocycles. The number of methoxy groups -OCH3 is 1. The first kappa shape index (κ1) is 25.8. The second-order valence-electron chi connectivity index (χ2n) is 10.6. The molecule has 2 aliphatic carbocycles. The Labute approximate surface area is 220 Å². The number of ether oxygens (including phenoxy) is 2. The molecule has 0 bridgehead atoms. The lowest BCUT2D eigenvalue weighted by Gasteiger charge is -2.52. The smallest absolute Gasteiger partial charge is 0.254 e. The summed E-state index contributed by atoms with van der Waals surface area (Å²) < 4.78 is 39.7. The van der Waals surface area contributed by atoms with Crippen LogP contribution in [-0.4, -0.2) is 49.6 Å². The Kier molecular flexibility index (Phi) is 7.30. The van der Waals surface area contributed by atoms with Crippen molar-refractivity contribution in [1.82, 2.24) is 10.2 Å². The number of halogens is 3. The van der Waals surface area contributed by atoms with Crippen LogP contribution in [0.2, 0.25) is 5.02 Å². The highest BCUT2D eigenvalue weighted by molar-refractivity contribution is 6.31. The molecule has 0 radical (unpaired) electrons. The normalized spacial score (nSPS) is 18.9. The molecule has 1 saturated heterocycles. The van der Waals surface area contributed by atoms with Gasteiger partial charge in [-0.2, -0.15) is 0 Å². The molecule has 2 aromatic carbocycles. The van der Waals surface area contributed by atoms with E-state index in [0.717, 1.165) is 38.5 Å². The van der Waals surface area contributed by atoms with Gasteiger partial charge in [0.1, 0.15) is 11.6 Å². The van der Waals surface area contributed by atoms with Gasteiger partial charge in [0.2, 0.25) is 5.91 Å². The third-order valence-corrected chi connectivity index (χ3v) is 8.29. The van der Waals surface area contributed by atoms with Gasteiger partial charge in [-0.3, -0.25) is 9.59 Å². The number of rotatable bonds is 8. The van der Waals surface area contributed by atoms with Gasteiger partial charge in [0.05, 0.1) is 25.7 Å². The molecule has 1 spiro atoms. The molecule has 3 aliphatic rings. The summed E-state index contributed by atoms with van der Waals surface area (Å²) in [4.78, 5) is 27.2. The first-order valence-corrected chi connectivity index (χ1v) is 13.2. The molecule has 37 heavy (non-hydrogen) atoms. The van der Waals surface area contributed by atoms with Crippen molar-refractivity contribution in [2.45, 2.75) is 51.0 Å². The maximum atomic E-state index is 14.6. The Morgan fingerprint density at radius 1 is 1.14 bits per heavy atom. The molecular formula is C28H31ClF2N2O4. The maximum Gasteiger partial charge on any atom is 0.254 e. The SMILES string of the molecule is COc1ccc(Cl)c(CC(=O)N2CCC3(CC2)CC(NC(=O)c2ccc(OCC4CC4)cc2F)C3)c1F. The van der Waals surface area contributed by atoms with E-state index in [2.05, 4.69) is 5.32 Å². The van der Waals surface area contributed by atoms with E-state index in [1.165, 1.54) is 31.4 Å². The third-order valence-electron chi connectivity index (χ3n) is 7.94. The van der Waals surface area contributed by atoms with Crippen molar-refractivity contribution in [3.8, 4) is 11.5 Å². The van der Waals surface area contributed by atoms with E-state index in [9.17, 15) is 18.4 Å². The van der Waals surface area contributed by atoms with Gasteiger partial charge in [0.25, 0.3) is 5.91 Å². The number of hydrogen-bond donors (Lipinski definition) is 1. The molecule has 2 saturated carbocycles. The summed E-state index contributed by atoms with van der Waals surface area (Å²) in [6, 6.07) is 7.34. The predicted molar refractivity (Wildman–Crippen MR) is 135 cm³/mol. The predicted octanol–water partition coefficient (Wildman–Crippen LogP) is 5.16. The van der Waals surface area contributed by atoms with Gasteiger partial charge in [-0.05, 0) is 74.1 Å². The maximum absolute atomic E-state index is 14.6. The zero-order chi connectivity index (χ0) is 26.2. The van der Waals surface area contributed by atoms with Crippen LogP contribution in [0.1, 0.15) is 54.4 Å². The molecule has 2 aromatic rings. The van der Waals surface area contributed by atoms with Gasteiger partial charge in [-0.1, -0.05) is 11.6 Å². The lowest BCUT2D eigenvalue weighted by molar-refractivity contribution is -0.134. The van der Waals surface area contributed by atoms with E-state index in [1.807, 2.05) is 0 Å². The quantitative estimate of drug-likeness (QED) is 0.510. The van der Waals surface area contributed by atoms with Gasteiger partial charge >= 0.3 is 0 Å². The minimum Gasteiger partial charge on any atom is -0.494 e. The van der Waals surface area contributed by atoms with Crippen molar-refractivity contribution in [1.29, 1.82) is 0 Å². The van der Waals surface area contributed by atoms with Crippen molar-refractivity contribution in [3.63, 3.8) is 0 Å². The number of carbonyl (C=O) groups excluding carboxylic acids is 2. The zero-order valence-corrected chi connectivity index (χ0v) is 21.6. The van der Waals surface area contributed by atoms with E-state index >= 15 is 0 Å². The molecule has 0 atom stereocenters. The summed E-state index contributed by atoms with van der Waals surface area (Å²) in [5.74, 6) is -0.711.